The van der Waals surface area contributed by atoms with Crippen molar-refractivity contribution in [3.05, 3.63) is 0 Å². The second kappa shape index (κ2) is 6.96. The van der Waals surface area contributed by atoms with E-state index in [0.29, 0.717) is 6.54 Å². The first-order valence-electron chi connectivity index (χ1n) is 5.79. The maximum Gasteiger partial charge on any atom is 0.321 e. The van der Waals surface area contributed by atoms with Gasteiger partial charge in [-0.05, 0) is 33.7 Å². The van der Waals surface area contributed by atoms with Crippen LogP contribution in [0.5, 0.6) is 0 Å². The third kappa shape index (κ3) is 10.3. The molecule has 5 nitrogen and oxygen atoms in total. The zero-order valence-corrected chi connectivity index (χ0v) is 11.9. The van der Waals surface area contributed by atoms with E-state index in [-0.39, 0.29) is 5.75 Å². The molecule has 0 aromatic rings. The fraction of sp³-hybridized carbons (Fsp3) is 0.909. The van der Waals surface area contributed by atoms with E-state index in [1.807, 2.05) is 6.92 Å². The molecule has 0 aliphatic rings. The summed E-state index contributed by atoms with van der Waals surface area (Å²) in [5, 5.41) is 2.98. The zero-order chi connectivity index (χ0) is 13.5. The van der Waals surface area contributed by atoms with Crippen LogP contribution in [0.4, 0.5) is 0 Å². The number of rotatable bonds is 7. The highest BCUT2D eigenvalue weighted by molar-refractivity contribution is 7.92. The molecule has 102 valence electrons. The SMILES string of the molecule is CCCNCCS(=O)(=O)CC(=O)OC(C)(C)C. The van der Waals surface area contributed by atoms with Gasteiger partial charge in [-0.1, -0.05) is 6.92 Å². The fourth-order valence-corrected chi connectivity index (χ4v) is 2.17. The molecule has 1 N–H and O–H groups in total. The summed E-state index contributed by atoms with van der Waals surface area (Å²) in [4.78, 5) is 11.3. The highest BCUT2D eigenvalue weighted by Crippen LogP contribution is 2.07. The lowest BCUT2D eigenvalue weighted by atomic mass is 10.2. The highest BCUT2D eigenvalue weighted by atomic mass is 32.2. The monoisotopic (exact) mass is 265 g/mol. The van der Waals surface area contributed by atoms with Crippen LogP contribution in [0.1, 0.15) is 34.1 Å². The molecule has 0 bridgehead atoms. The molecule has 0 amide bonds. The van der Waals surface area contributed by atoms with Crippen LogP contribution in [0.25, 0.3) is 0 Å². The number of carbonyl (C=O) groups excluding carboxylic acids is 1. The Morgan fingerprint density at radius 2 is 1.82 bits per heavy atom. The molecule has 0 rings (SSSR count). The lowest BCUT2D eigenvalue weighted by Crippen LogP contribution is -2.31. The summed E-state index contributed by atoms with van der Waals surface area (Å²) in [7, 11) is -3.37. The van der Waals surface area contributed by atoms with Gasteiger partial charge >= 0.3 is 5.97 Å². The number of hydrogen-bond acceptors (Lipinski definition) is 5. The van der Waals surface area contributed by atoms with E-state index < -0.39 is 27.2 Å². The topological polar surface area (TPSA) is 72.5 Å². The van der Waals surface area contributed by atoms with Crippen molar-refractivity contribution >= 4 is 15.8 Å². The zero-order valence-electron chi connectivity index (χ0n) is 11.1. The largest absolute Gasteiger partial charge is 0.459 e. The maximum atomic E-state index is 11.5. The highest BCUT2D eigenvalue weighted by Gasteiger charge is 2.22. The standard InChI is InChI=1S/C11H23NO4S/c1-5-6-12-7-8-17(14,15)9-10(13)16-11(2,3)4/h12H,5-9H2,1-4H3. The number of ether oxygens (including phenoxy) is 1. The molecular weight excluding hydrogens is 242 g/mol. The van der Waals surface area contributed by atoms with Crippen molar-refractivity contribution in [3.8, 4) is 0 Å². The summed E-state index contributed by atoms with van der Waals surface area (Å²) in [6.45, 7) is 8.28. The van der Waals surface area contributed by atoms with Crippen molar-refractivity contribution in [1.29, 1.82) is 0 Å². The molecule has 0 atom stereocenters. The van der Waals surface area contributed by atoms with Crippen LogP contribution in [-0.4, -0.2) is 44.6 Å². The molecule has 0 fully saturated rings. The second-order valence-electron chi connectivity index (χ2n) is 4.93. The van der Waals surface area contributed by atoms with E-state index in [2.05, 4.69) is 5.32 Å². The lowest BCUT2D eigenvalue weighted by Gasteiger charge is -2.19. The Balaban J connectivity index is 4.04. The molecule has 0 aromatic heterocycles. The smallest absolute Gasteiger partial charge is 0.321 e. The van der Waals surface area contributed by atoms with E-state index >= 15 is 0 Å². The van der Waals surface area contributed by atoms with Gasteiger partial charge < -0.3 is 10.1 Å². The van der Waals surface area contributed by atoms with Crippen molar-refractivity contribution in [2.45, 2.75) is 39.7 Å². The summed E-state index contributed by atoms with van der Waals surface area (Å²) in [6, 6.07) is 0. The van der Waals surface area contributed by atoms with Crippen LogP contribution in [0.15, 0.2) is 0 Å². The summed E-state index contributed by atoms with van der Waals surface area (Å²) in [6.07, 6.45) is 0.951. The van der Waals surface area contributed by atoms with Crippen molar-refractivity contribution in [3.63, 3.8) is 0 Å². The summed E-state index contributed by atoms with van der Waals surface area (Å²) in [5.41, 5.74) is -0.646. The number of hydrogen-bond donors (Lipinski definition) is 1. The van der Waals surface area contributed by atoms with Crippen LogP contribution in [0.3, 0.4) is 0 Å². The van der Waals surface area contributed by atoms with Crippen LogP contribution in [0, 0.1) is 0 Å². The molecular formula is C11H23NO4S. The normalized spacial score (nSPS) is 12.5. The van der Waals surface area contributed by atoms with Gasteiger partial charge in [-0.2, -0.15) is 0 Å². The first-order chi connectivity index (χ1) is 7.66. The summed E-state index contributed by atoms with van der Waals surface area (Å²) in [5.74, 6) is -1.27. The third-order valence-electron chi connectivity index (χ3n) is 1.77. The Kier molecular flexibility index (Phi) is 6.70. The van der Waals surface area contributed by atoms with Gasteiger partial charge in [0.25, 0.3) is 0 Å². The predicted molar refractivity (Wildman–Crippen MR) is 67.7 cm³/mol. The maximum absolute atomic E-state index is 11.5. The molecule has 0 saturated heterocycles. The van der Waals surface area contributed by atoms with Crippen molar-refractivity contribution in [2.24, 2.45) is 0 Å². The Bertz CT molecular complexity index is 330. The van der Waals surface area contributed by atoms with Gasteiger partial charge in [0, 0.05) is 6.54 Å². The quantitative estimate of drug-likeness (QED) is 0.543. The first kappa shape index (κ1) is 16.4. The van der Waals surface area contributed by atoms with Crippen LogP contribution in [-0.2, 0) is 19.4 Å². The molecule has 17 heavy (non-hydrogen) atoms. The minimum atomic E-state index is -3.37. The van der Waals surface area contributed by atoms with Gasteiger partial charge in [-0.25, -0.2) is 8.42 Å². The third-order valence-corrected chi connectivity index (χ3v) is 3.28. The van der Waals surface area contributed by atoms with Gasteiger partial charge in [0.2, 0.25) is 0 Å². The Hall–Kier alpha value is -0.620. The number of esters is 1. The van der Waals surface area contributed by atoms with Crippen molar-refractivity contribution in [1.82, 2.24) is 5.32 Å². The van der Waals surface area contributed by atoms with Gasteiger partial charge in [0.15, 0.2) is 9.84 Å². The van der Waals surface area contributed by atoms with Gasteiger partial charge in [-0.15, -0.1) is 0 Å². The average Bonchev–Trinajstić information content (AvgIpc) is 2.08. The van der Waals surface area contributed by atoms with Crippen LogP contribution >= 0.6 is 0 Å². The van der Waals surface area contributed by atoms with Crippen LogP contribution < -0.4 is 5.32 Å². The predicted octanol–water partition coefficient (Wildman–Crippen LogP) is 0.743. The van der Waals surface area contributed by atoms with E-state index in [9.17, 15) is 13.2 Å². The van der Waals surface area contributed by atoms with Gasteiger partial charge in [0.05, 0.1) is 5.75 Å². The van der Waals surface area contributed by atoms with Crippen molar-refractivity contribution < 1.29 is 17.9 Å². The molecule has 0 aliphatic heterocycles. The summed E-state index contributed by atoms with van der Waals surface area (Å²) >= 11 is 0. The molecule has 0 unspecified atom stereocenters. The lowest BCUT2D eigenvalue weighted by molar-refractivity contribution is -0.151. The Morgan fingerprint density at radius 1 is 1.24 bits per heavy atom. The minimum Gasteiger partial charge on any atom is -0.459 e. The molecule has 0 aromatic carbocycles. The van der Waals surface area contributed by atoms with Gasteiger partial charge in [0.1, 0.15) is 11.4 Å². The fourth-order valence-electron chi connectivity index (χ4n) is 1.15. The van der Waals surface area contributed by atoms with E-state index in [4.69, 9.17) is 4.74 Å². The Labute approximate surface area is 104 Å². The van der Waals surface area contributed by atoms with E-state index in [1.54, 1.807) is 20.8 Å². The number of nitrogens with one attached hydrogen (secondary N) is 1. The molecule has 0 aliphatic carbocycles. The van der Waals surface area contributed by atoms with E-state index in [0.717, 1.165) is 13.0 Å². The Morgan fingerprint density at radius 3 is 2.29 bits per heavy atom. The minimum absolute atomic E-state index is 0.0355. The van der Waals surface area contributed by atoms with Gasteiger partial charge in [-0.3, -0.25) is 4.79 Å². The number of carbonyl (C=O) groups is 1. The molecule has 0 saturated carbocycles. The molecule has 0 spiro atoms. The van der Waals surface area contributed by atoms with E-state index in [1.165, 1.54) is 0 Å². The number of sulfone groups is 1. The van der Waals surface area contributed by atoms with Crippen LogP contribution in [0.2, 0.25) is 0 Å². The molecule has 0 heterocycles. The van der Waals surface area contributed by atoms with Crippen molar-refractivity contribution in [2.75, 3.05) is 24.6 Å². The summed E-state index contributed by atoms with van der Waals surface area (Å²) < 4.78 is 28.1. The first-order valence-corrected chi connectivity index (χ1v) is 7.61. The average molecular weight is 265 g/mol. The molecule has 6 heteroatoms. The second-order valence-corrected chi connectivity index (χ2v) is 7.11. The molecule has 0 radical (unpaired) electrons.